The van der Waals surface area contributed by atoms with Crippen LogP contribution in [0.4, 0.5) is 0 Å². The summed E-state index contributed by atoms with van der Waals surface area (Å²) in [5.74, 6) is 0.0378. The van der Waals surface area contributed by atoms with E-state index in [1.54, 1.807) is 18.7 Å². The van der Waals surface area contributed by atoms with Crippen molar-refractivity contribution in [3.05, 3.63) is 93.4 Å². The molecular weight excluding hydrogens is 520 g/mol. The first-order valence-electron chi connectivity index (χ1n) is 14.3. The second kappa shape index (κ2) is 15.2. The largest absolute Gasteiger partial charge is 0.378 e. The number of hydrogen-bond acceptors (Lipinski definition) is 6. The van der Waals surface area contributed by atoms with Crippen LogP contribution in [-0.2, 0) is 36.2 Å². The summed E-state index contributed by atoms with van der Waals surface area (Å²) >= 11 is 1.40. The van der Waals surface area contributed by atoms with E-state index in [1.807, 2.05) is 36.4 Å². The van der Waals surface area contributed by atoms with Crippen molar-refractivity contribution in [1.29, 1.82) is 0 Å². The summed E-state index contributed by atoms with van der Waals surface area (Å²) in [5, 5.41) is 3.57. The maximum Gasteiger partial charge on any atom is 0.257 e. The molecule has 2 aromatic carbocycles. The zero-order valence-electron chi connectivity index (χ0n) is 24.0. The van der Waals surface area contributed by atoms with E-state index in [9.17, 15) is 9.59 Å². The van der Waals surface area contributed by atoms with E-state index < -0.39 is 0 Å². The maximum atomic E-state index is 13.5. The molecule has 40 heavy (non-hydrogen) atoms. The standard InChI is InChI=1S/C32H42N4O3S/c1-4-5-16-29(30(37)33-26-17-19-36(20-18-26)22-25-14-10-7-11-15-25)40-32-34-28(23-39-3)27(31(38)35(32)2)21-24-12-8-6-9-13-24/h6-15,26,29H,4-5,16-23H2,1-3H3,(H,33,37). The van der Waals surface area contributed by atoms with Crippen LogP contribution >= 0.6 is 11.8 Å². The minimum Gasteiger partial charge on any atom is -0.378 e. The highest BCUT2D eigenvalue weighted by Crippen LogP contribution is 2.27. The third-order valence-corrected chi connectivity index (χ3v) is 8.79. The number of methoxy groups -OCH3 is 1. The number of nitrogens with zero attached hydrogens (tertiary/aromatic N) is 3. The predicted octanol–water partition coefficient (Wildman–Crippen LogP) is 4.95. The number of carbonyl (C=O) groups excluding carboxylic acids is 1. The molecule has 1 aliphatic heterocycles. The summed E-state index contributed by atoms with van der Waals surface area (Å²) in [6.07, 6.45) is 5.04. The number of rotatable bonds is 13. The van der Waals surface area contributed by atoms with Crippen LogP contribution in [0.5, 0.6) is 0 Å². The Morgan fingerprint density at radius 2 is 1.73 bits per heavy atom. The van der Waals surface area contributed by atoms with Gasteiger partial charge in [0.25, 0.3) is 5.56 Å². The number of piperidine rings is 1. The first-order chi connectivity index (χ1) is 19.5. The molecule has 0 spiro atoms. The second-order valence-corrected chi connectivity index (χ2v) is 11.7. The molecule has 2 heterocycles. The van der Waals surface area contributed by atoms with Gasteiger partial charge in [-0.25, -0.2) is 4.98 Å². The van der Waals surface area contributed by atoms with Crippen LogP contribution in [0.2, 0.25) is 0 Å². The number of ether oxygens (including phenoxy) is 1. The average molecular weight is 563 g/mol. The van der Waals surface area contributed by atoms with Crippen molar-refractivity contribution in [2.45, 2.75) is 75.0 Å². The van der Waals surface area contributed by atoms with Crippen LogP contribution in [0.3, 0.4) is 0 Å². The quantitative estimate of drug-likeness (QED) is 0.235. The Balaban J connectivity index is 1.44. The zero-order chi connectivity index (χ0) is 28.3. The topological polar surface area (TPSA) is 76.5 Å². The van der Waals surface area contributed by atoms with Gasteiger partial charge >= 0.3 is 0 Å². The van der Waals surface area contributed by atoms with Crippen molar-refractivity contribution in [1.82, 2.24) is 19.8 Å². The zero-order valence-corrected chi connectivity index (χ0v) is 24.8. The minimum atomic E-state index is -0.309. The summed E-state index contributed by atoms with van der Waals surface area (Å²) in [6.45, 7) is 5.25. The van der Waals surface area contributed by atoms with Gasteiger partial charge in [-0.2, -0.15) is 0 Å². The molecule has 0 radical (unpaired) electrons. The lowest BCUT2D eigenvalue weighted by Gasteiger charge is -2.33. The predicted molar refractivity (Wildman–Crippen MR) is 161 cm³/mol. The second-order valence-electron chi connectivity index (χ2n) is 10.6. The highest BCUT2D eigenvalue weighted by molar-refractivity contribution is 8.00. The molecule has 0 saturated carbocycles. The molecule has 1 fully saturated rings. The number of carbonyl (C=O) groups is 1. The molecular formula is C32H42N4O3S. The number of nitrogens with one attached hydrogen (secondary N) is 1. The van der Waals surface area contributed by atoms with Gasteiger partial charge in [-0.1, -0.05) is 92.2 Å². The van der Waals surface area contributed by atoms with Crippen molar-refractivity contribution in [2.24, 2.45) is 7.05 Å². The third-order valence-electron chi connectivity index (χ3n) is 7.48. The van der Waals surface area contributed by atoms with Gasteiger partial charge in [0, 0.05) is 51.8 Å². The van der Waals surface area contributed by atoms with Crippen molar-refractivity contribution in [2.75, 3.05) is 20.2 Å². The molecule has 1 aromatic heterocycles. The van der Waals surface area contributed by atoms with Crippen LogP contribution in [-0.4, -0.2) is 51.8 Å². The molecule has 214 valence electrons. The fraction of sp³-hybridized carbons (Fsp3) is 0.469. The molecule has 8 heteroatoms. The van der Waals surface area contributed by atoms with Gasteiger partial charge in [-0.15, -0.1) is 0 Å². The van der Waals surface area contributed by atoms with Crippen LogP contribution in [0.25, 0.3) is 0 Å². The van der Waals surface area contributed by atoms with Gasteiger partial charge < -0.3 is 10.1 Å². The highest BCUT2D eigenvalue weighted by Gasteiger charge is 2.27. The molecule has 1 amide bonds. The van der Waals surface area contributed by atoms with E-state index in [0.29, 0.717) is 22.8 Å². The molecule has 7 nitrogen and oxygen atoms in total. The number of unbranched alkanes of at least 4 members (excludes halogenated alkanes) is 1. The number of benzene rings is 2. The molecule has 1 N–H and O–H groups in total. The Morgan fingerprint density at radius 3 is 2.35 bits per heavy atom. The van der Waals surface area contributed by atoms with Gasteiger partial charge in [-0.3, -0.25) is 19.1 Å². The van der Waals surface area contributed by atoms with Gasteiger partial charge in [0.1, 0.15) is 0 Å². The number of likely N-dealkylation sites (tertiary alicyclic amines) is 1. The van der Waals surface area contributed by atoms with Gasteiger partial charge in [0.2, 0.25) is 5.91 Å². The van der Waals surface area contributed by atoms with Gasteiger partial charge in [-0.05, 0) is 30.4 Å². The monoisotopic (exact) mass is 562 g/mol. The first-order valence-corrected chi connectivity index (χ1v) is 15.2. The number of thioether (sulfide) groups is 1. The van der Waals surface area contributed by atoms with Crippen LogP contribution in [0, 0.1) is 0 Å². The lowest BCUT2D eigenvalue weighted by Crippen LogP contribution is -2.46. The lowest BCUT2D eigenvalue weighted by molar-refractivity contribution is -0.121. The molecule has 0 aliphatic carbocycles. The van der Waals surface area contributed by atoms with Crippen LogP contribution in [0.1, 0.15) is 61.4 Å². The van der Waals surface area contributed by atoms with Crippen LogP contribution < -0.4 is 10.9 Å². The summed E-state index contributed by atoms with van der Waals surface area (Å²) in [5.41, 5.74) is 3.55. The lowest BCUT2D eigenvalue weighted by atomic mass is 10.0. The van der Waals surface area contributed by atoms with Gasteiger partial charge in [0.15, 0.2) is 5.16 Å². The van der Waals surface area contributed by atoms with Crippen molar-refractivity contribution >= 4 is 17.7 Å². The van der Waals surface area contributed by atoms with E-state index >= 15 is 0 Å². The minimum absolute atomic E-state index is 0.0378. The molecule has 0 bridgehead atoms. The summed E-state index contributed by atoms with van der Waals surface area (Å²) in [7, 11) is 3.36. The number of amides is 1. The average Bonchev–Trinajstić information content (AvgIpc) is 2.97. The molecule has 4 rings (SSSR count). The first kappa shape index (κ1) is 30.0. The van der Waals surface area contributed by atoms with E-state index in [0.717, 1.165) is 57.3 Å². The smallest absolute Gasteiger partial charge is 0.257 e. The summed E-state index contributed by atoms with van der Waals surface area (Å²) < 4.78 is 7.01. The molecule has 3 aromatic rings. The van der Waals surface area contributed by atoms with Gasteiger partial charge in [0.05, 0.1) is 17.6 Å². The van der Waals surface area contributed by atoms with E-state index in [1.165, 1.54) is 17.3 Å². The maximum absolute atomic E-state index is 13.5. The van der Waals surface area contributed by atoms with E-state index in [4.69, 9.17) is 9.72 Å². The molecule has 1 aliphatic rings. The Kier molecular flexibility index (Phi) is 11.4. The Morgan fingerprint density at radius 1 is 1.07 bits per heavy atom. The Labute approximate surface area is 242 Å². The fourth-order valence-electron chi connectivity index (χ4n) is 5.14. The Hall–Kier alpha value is -2.94. The molecule has 1 atom stereocenters. The van der Waals surface area contributed by atoms with Crippen molar-refractivity contribution in [3.8, 4) is 0 Å². The van der Waals surface area contributed by atoms with Crippen LogP contribution in [0.15, 0.2) is 70.6 Å². The molecule has 1 saturated heterocycles. The van der Waals surface area contributed by atoms with E-state index in [-0.39, 0.29) is 29.4 Å². The van der Waals surface area contributed by atoms with Crippen molar-refractivity contribution in [3.63, 3.8) is 0 Å². The van der Waals surface area contributed by atoms with E-state index in [2.05, 4.69) is 41.4 Å². The summed E-state index contributed by atoms with van der Waals surface area (Å²) in [4.78, 5) is 34.3. The van der Waals surface area contributed by atoms with Crippen molar-refractivity contribution < 1.29 is 9.53 Å². The number of hydrogen-bond donors (Lipinski definition) is 1. The highest BCUT2D eigenvalue weighted by atomic mass is 32.2. The summed E-state index contributed by atoms with van der Waals surface area (Å²) in [6, 6.07) is 20.6. The normalized spacial score (nSPS) is 15.2. The Bertz CT molecular complexity index is 1270. The fourth-order valence-corrected chi connectivity index (χ4v) is 6.26. The number of aromatic nitrogens is 2. The molecule has 1 unspecified atom stereocenters. The third kappa shape index (κ3) is 8.29. The SMILES string of the molecule is CCCCC(Sc1nc(COC)c(Cc2ccccc2)c(=O)n1C)C(=O)NC1CCN(Cc2ccccc2)CC1.